The highest BCUT2D eigenvalue weighted by molar-refractivity contribution is 6.32. The van der Waals surface area contributed by atoms with Crippen molar-refractivity contribution in [2.24, 2.45) is 0 Å². The van der Waals surface area contributed by atoms with Gasteiger partial charge in [-0.25, -0.2) is 0 Å². The molecule has 0 saturated carbocycles. The molecule has 8 heteroatoms. The van der Waals surface area contributed by atoms with Crippen LogP contribution in [0.1, 0.15) is 17.0 Å². The number of anilines is 3. The van der Waals surface area contributed by atoms with Crippen molar-refractivity contribution in [3.63, 3.8) is 0 Å². The minimum absolute atomic E-state index is 0.119. The highest BCUT2D eigenvalue weighted by Crippen LogP contribution is 2.27. The molecule has 4 N–H and O–H groups in total. The van der Waals surface area contributed by atoms with E-state index in [0.29, 0.717) is 28.8 Å². The van der Waals surface area contributed by atoms with Crippen LogP contribution < -0.4 is 11.1 Å². The third-order valence-electron chi connectivity index (χ3n) is 4.09. The molecule has 0 aliphatic heterocycles. The topological polar surface area (TPSA) is 116 Å². The monoisotopic (exact) mass is 375 g/mol. The van der Waals surface area contributed by atoms with Crippen molar-refractivity contribution in [2.75, 3.05) is 11.1 Å². The van der Waals surface area contributed by atoms with Crippen LogP contribution >= 0.6 is 11.6 Å². The second-order valence-electron chi connectivity index (χ2n) is 5.89. The Hall–Kier alpha value is -3.63. The molecule has 0 saturated heterocycles. The second-order valence-corrected chi connectivity index (χ2v) is 6.30. The molecule has 27 heavy (non-hydrogen) atoms. The highest BCUT2D eigenvalue weighted by Gasteiger charge is 2.12. The molecule has 4 rings (SSSR count). The first kappa shape index (κ1) is 16.8. The normalized spacial score (nSPS) is 10.7. The summed E-state index contributed by atoms with van der Waals surface area (Å²) in [5.41, 5.74) is 9.09. The number of hydrogen-bond donors (Lipinski definition) is 3. The van der Waals surface area contributed by atoms with Gasteiger partial charge in [0.15, 0.2) is 0 Å². The first-order valence-electron chi connectivity index (χ1n) is 8.14. The molecule has 0 spiro atoms. The number of halogens is 1. The quantitative estimate of drug-likeness (QED) is 0.499. The van der Waals surface area contributed by atoms with Gasteiger partial charge in [0.25, 0.3) is 0 Å². The van der Waals surface area contributed by atoms with Crippen molar-refractivity contribution in [3.05, 3.63) is 70.6 Å². The predicted octanol–water partition coefficient (Wildman–Crippen LogP) is 3.79. The van der Waals surface area contributed by atoms with Crippen LogP contribution in [0.25, 0.3) is 10.9 Å². The molecule has 0 atom stereocenters. The van der Waals surface area contributed by atoms with Crippen LogP contribution in [0.5, 0.6) is 0 Å². The fourth-order valence-corrected chi connectivity index (χ4v) is 3.07. The van der Waals surface area contributed by atoms with Gasteiger partial charge in [-0.1, -0.05) is 11.6 Å². The van der Waals surface area contributed by atoms with Crippen LogP contribution in [0.2, 0.25) is 5.02 Å². The van der Waals surface area contributed by atoms with E-state index in [1.165, 1.54) is 0 Å². The second kappa shape index (κ2) is 6.94. The number of aromatic nitrogens is 4. The summed E-state index contributed by atoms with van der Waals surface area (Å²) >= 11 is 6.39. The average Bonchev–Trinajstić information content (AvgIpc) is 3.13. The van der Waals surface area contributed by atoms with Crippen LogP contribution in [-0.2, 0) is 6.42 Å². The number of hydrogen-bond acceptors (Lipinski definition) is 6. The van der Waals surface area contributed by atoms with Gasteiger partial charge in [0, 0.05) is 34.2 Å². The number of nitrogens with one attached hydrogen (secondary N) is 2. The largest absolute Gasteiger partial charge is 0.368 e. The Balaban J connectivity index is 1.65. The lowest BCUT2D eigenvalue weighted by atomic mass is 10.1. The Kier molecular flexibility index (Phi) is 4.32. The van der Waals surface area contributed by atoms with E-state index in [1.807, 2.05) is 24.4 Å². The third-order valence-corrected chi connectivity index (χ3v) is 4.45. The fourth-order valence-electron chi connectivity index (χ4n) is 2.84. The van der Waals surface area contributed by atoms with E-state index in [0.717, 1.165) is 22.2 Å². The van der Waals surface area contributed by atoms with Crippen molar-refractivity contribution in [1.29, 1.82) is 5.26 Å². The van der Waals surface area contributed by atoms with Gasteiger partial charge in [0.2, 0.25) is 11.9 Å². The predicted molar refractivity (Wildman–Crippen MR) is 105 cm³/mol. The summed E-state index contributed by atoms with van der Waals surface area (Å²) in [4.78, 5) is 16.0. The molecule has 2 aromatic carbocycles. The van der Waals surface area contributed by atoms with Gasteiger partial charge in [0.05, 0.1) is 11.6 Å². The number of nitriles is 1. The van der Waals surface area contributed by atoms with Gasteiger partial charge in [-0.2, -0.15) is 20.2 Å². The Bertz CT molecular complexity index is 1160. The third kappa shape index (κ3) is 3.52. The summed E-state index contributed by atoms with van der Waals surface area (Å²) in [7, 11) is 0. The molecule has 7 nitrogen and oxygen atoms in total. The zero-order valence-electron chi connectivity index (χ0n) is 14.1. The van der Waals surface area contributed by atoms with Crippen molar-refractivity contribution >= 4 is 40.1 Å². The van der Waals surface area contributed by atoms with Crippen molar-refractivity contribution in [1.82, 2.24) is 19.9 Å². The molecule has 0 amide bonds. The summed E-state index contributed by atoms with van der Waals surface area (Å²) < 4.78 is 0. The van der Waals surface area contributed by atoms with E-state index in [1.54, 1.807) is 24.3 Å². The van der Waals surface area contributed by atoms with Gasteiger partial charge in [-0.15, -0.1) is 0 Å². The maximum atomic E-state index is 8.88. The Morgan fingerprint density at radius 1 is 1.07 bits per heavy atom. The minimum Gasteiger partial charge on any atom is -0.368 e. The summed E-state index contributed by atoms with van der Waals surface area (Å²) in [6.07, 6.45) is 2.28. The minimum atomic E-state index is 0.119. The van der Waals surface area contributed by atoms with Crippen LogP contribution in [0.4, 0.5) is 17.6 Å². The number of aromatic amines is 1. The molecular weight excluding hydrogens is 362 g/mol. The number of nitrogens with two attached hydrogens (primary N) is 1. The first-order chi connectivity index (χ1) is 13.1. The van der Waals surface area contributed by atoms with Crippen LogP contribution in [-0.4, -0.2) is 19.9 Å². The van der Waals surface area contributed by atoms with E-state index in [-0.39, 0.29) is 5.95 Å². The number of fused-ring (bicyclic) bond motifs is 1. The molecule has 0 aliphatic carbocycles. The van der Waals surface area contributed by atoms with Crippen molar-refractivity contribution < 1.29 is 0 Å². The zero-order chi connectivity index (χ0) is 18.8. The molecule has 2 heterocycles. The molecular formula is C19H14ClN7. The smallest absolute Gasteiger partial charge is 0.232 e. The molecule has 0 fully saturated rings. The fraction of sp³-hybridized carbons (Fsp3) is 0.0526. The SMILES string of the molecule is N#Cc1ccc(Nc2nc(N)nc(Cc3c(Cl)ccc4[nH]ccc34)n2)cc1. The molecule has 132 valence electrons. The Labute approximate surface area is 159 Å². The van der Waals surface area contributed by atoms with Gasteiger partial charge in [0.1, 0.15) is 5.82 Å². The first-order valence-corrected chi connectivity index (χ1v) is 8.52. The highest BCUT2D eigenvalue weighted by atomic mass is 35.5. The summed E-state index contributed by atoms with van der Waals surface area (Å²) in [5, 5.41) is 13.6. The molecule has 0 bridgehead atoms. The van der Waals surface area contributed by atoms with Crippen LogP contribution in [0, 0.1) is 11.3 Å². The van der Waals surface area contributed by atoms with Crippen molar-refractivity contribution in [2.45, 2.75) is 6.42 Å². The molecule has 0 radical (unpaired) electrons. The maximum absolute atomic E-state index is 8.88. The maximum Gasteiger partial charge on any atom is 0.232 e. The van der Waals surface area contributed by atoms with Crippen molar-refractivity contribution in [3.8, 4) is 6.07 Å². The van der Waals surface area contributed by atoms with Crippen LogP contribution in [0.15, 0.2) is 48.7 Å². The lowest BCUT2D eigenvalue weighted by Gasteiger charge is -2.09. The van der Waals surface area contributed by atoms with E-state index in [4.69, 9.17) is 22.6 Å². The van der Waals surface area contributed by atoms with Gasteiger partial charge in [-0.3, -0.25) is 0 Å². The Morgan fingerprint density at radius 3 is 2.67 bits per heavy atom. The number of nitrogens with zero attached hydrogens (tertiary/aromatic N) is 4. The summed E-state index contributed by atoms with van der Waals surface area (Å²) in [6, 6.07) is 14.8. The van der Waals surface area contributed by atoms with E-state index >= 15 is 0 Å². The standard InChI is InChI=1S/C19H14ClN7/c20-15-5-6-16-13(7-8-23-16)14(15)9-17-25-18(22)27-19(26-17)24-12-3-1-11(10-21)2-4-12/h1-8,23H,9H2,(H3,22,24,25,26,27). The molecule has 4 aromatic rings. The van der Waals surface area contributed by atoms with E-state index in [9.17, 15) is 0 Å². The zero-order valence-corrected chi connectivity index (χ0v) is 14.8. The summed E-state index contributed by atoms with van der Waals surface area (Å²) in [6.45, 7) is 0. The number of rotatable bonds is 4. The Morgan fingerprint density at radius 2 is 1.89 bits per heavy atom. The lowest BCUT2D eigenvalue weighted by molar-refractivity contribution is 0.940. The number of benzene rings is 2. The van der Waals surface area contributed by atoms with E-state index < -0.39 is 0 Å². The molecule has 2 aromatic heterocycles. The average molecular weight is 376 g/mol. The van der Waals surface area contributed by atoms with Crippen LogP contribution in [0.3, 0.4) is 0 Å². The van der Waals surface area contributed by atoms with Gasteiger partial charge < -0.3 is 16.0 Å². The lowest BCUT2D eigenvalue weighted by Crippen LogP contribution is -2.08. The van der Waals surface area contributed by atoms with Gasteiger partial charge >= 0.3 is 0 Å². The number of nitrogen functional groups attached to an aromatic ring is 1. The molecule has 0 unspecified atom stereocenters. The summed E-state index contributed by atoms with van der Waals surface area (Å²) in [5.74, 6) is 0.960. The van der Waals surface area contributed by atoms with Gasteiger partial charge in [-0.05, 0) is 48.0 Å². The molecule has 0 aliphatic rings. The number of H-pyrrole nitrogens is 1. The van der Waals surface area contributed by atoms with E-state index in [2.05, 4.69) is 31.3 Å².